The largest absolute Gasteiger partial charge is 0.586 e. The van der Waals surface area contributed by atoms with Crippen LogP contribution in [0.3, 0.4) is 0 Å². The number of benzene rings is 1. The summed E-state index contributed by atoms with van der Waals surface area (Å²) in [6, 6.07) is 6.75. The van der Waals surface area contributed by atoms with Crippen molar-refractivity contribution in [2.75, 3.05) is 4.90 Å². The first kappa shape index (κ1) is 17.2. The summed E-state index contributed by atoms with van der Waals surface area (Å²) in [5.41, 5.74) is -0.164. The molecule has 0 bridgehead atoms. The normalized spacial score (nSPS) is 19.7. The summed E-state index contributed by atoms with van der Waals surface area (Å²) >= 11 is 0. The fourth-order valence-corrected chi connectivity index (χ4v) is 3.08. The van der Waals surface area contributed by atoms with Gasteiger partial charge in [-0.05, 0) is 43.7 Å². The molecule has 0 atom stereocenters. The Labute approximate surface area is 153 Å². The lowest BCUT2D eigenvalue weighted by atomic mass is 10.0. The van der Waals surface area contributed by atoms with Crippen LogP contribution in [0.5, 0.6) is 11.5 Å². The average molecular weight is 375 g/mol. The molecule has 4 rings (SSSR count). The summed E-state index contributed by atoms with van der Waals surface area (Å²) in [7, 11) is 0. The van der Waals surface area contributed by atoms with Crippen LogP contribution in [0.15, 0.2) is 42.7 Å². The number of anilines is 1. The van der Waals surface area contributed by atoms with Crippen molar-refractivity contribution in [1.82, 2.24) is 9.88 Å². The molecular weight excluding hydrogens is 360 g/mol. The second kappa shape index (κ2) is 5.63. The number of rotatable bonds is 3. The Balaban J connectivity index is 1.67. The third kappa shape index (κ3) is 2.75. The number of carbonyl (C=O) groups excluding carboxylic acids is 2. The van der Waals surface area contributed by atoms with Gasteiger partial charge in [-0.3, -0.25) is 9.78 Å². The summed E-state index contributed by atoms with van der Waals surface area (Å²) in [4.78, 5) is 32.2. The van der Waals surface area contributed by atoms with E-state index in [1.807, 2.05) is 0 Å². The lowest BCUT2D eigenvalue weighted by Crippen LogP contribution is -2.43. The van der Waals surface area contributed by atoms with Crippen molar-refractivity contribution in [1.29, 1.82) is 0 Å². The molecule has 2 aliphatic heterocycles. The number of aromatic nitrogens is 1. The van der Waals surface area contributed by atoms with E-state index in [1.54, 1.807) is 38.4 Å². The molecule has 1 aromatic heterocycles. The summed E-state index contributed by atoms with van der Waals surface area (Å²) < 4.78 is 35.2. The fraction of sp³-hybridized carbons (Fsp3) is 0.278. The van der Waals surface area contributed by atoms with Gasteiger partial charge in [0.05, 0.1) is 5.69 Å². The van der Waals surface area contributed by atoms with Crippen molar-refractivity contribution in [3.8, 4) is 11.5 Å². The van der Waals surface area contributed by atoms with Crippen LogP contribution in [0.2, 0.25) is 0 Å². The topological polar surface area (TPSA) is 72.0 Å². The molecule has 0 aliphatic carbocycles. The fourth-order valence-electron chi connectivity index (χ4n) is 3.08. The lowest BCUT2D eigenvalue weighted by molar-refractivity contribution is -0.286. The van der Waals surface area contributed by atoms with E-state index in [1.165, 1.54) is 23.1 Å². The van der Waals surface area contributed by atoms with Crippen molar-refractivity contribution in [2.45, 2.75) is 32.2 Å². The summed E-state index contributed by atoms with van der Waals surface area (Å²) in [6.07, 6.45) is -0.576. The Morgan fingerprint density at radius 1 is 1.04 bits per heavy atom. The van der Waals surface area contributed by atoms with Gasteiger partial charge in [0.1, 0.15) is 5.54 Å². The molecule has 27 heavy (non-hydrogen) atoms. The van der Waals surface area contributed by atoms with Crippen molar-refractivity contribution < 1.29 is 27.8 Å². The molecule has 0 saturated carbocycles. The number of hydrogen-bond donors (Lipinski definition) is 0. The molecule has 140 valence electrons. The molecule has 0 unspecified atom stereocenters. The van der Waals surface area contributed by atoms with Crippen molar-refractivity contribution in [3.05, 3.63) is 48.3 Å². The monoisotopic (exact) mass is 375 g/mol. The Morgan fingerprint density at radius 3 is 2.41 bits per heavy atom. The second-order valence-corrected chi connectivity index (χ2v) is 6.72. The standard InChI is InChI=1S/C18H15F2N3O4/c1-17(2)15(24)23(16(25)22(17)10-11-5-7-21-8-6-11)12-3-4-13-14(9-12)27-18(19,20)26-13/h3-9H,10H2,1-2H3. The zero-order valence-corrected chi connectivity index (χ0v) is 14.5. The van der Waals surface area contributed by atoms with Gasteiger partial charge in [-0.25, -0.2) is 9.69 Å². The summed E-state index contributed by atoms with van der Waals surface area (Å²) in [6.45, 7) is 3.48. The summed E-state index contributed by atoms with van der Waals surface area (Å²) in [5.74, 6) is -0.855. The highest BCUT2D eigenvalue weighted by Crippen LogP contribution is 2.44. The van der Waals surface area contributed by atoms with Crippen LogP contribution in [0.25, 0.3) is 0 Å². The first-order valence-electron chi connectivity index (χ1n) is 8.14. The van der Waals surface area contributed by atoms with E-state index in [4.69, 9.17) is 0 Å². The molecular formula is C18H15F2N3O4. The maximum atomic E-state index is 13.2. The van der Waals surface area contributed by atoms with Crippen LogP contribution in [0.4, 0.5) is 19.3 Å². The van der Waals surface area contributed by atoms with E-state index in [2.05, 4.69) is 14.5 Å². The summed E-state index contributed by atoms with van der Waals surface area (Å²) in [5, 5.41) is 0. The van der Waals surface area contributed by atoms with Gasteiger partial charge < -0.3 is 14.4 Å². The molecule has 0 spiro atoms. The highest BCUT2D eigenvalue weighted by molar-refractivity contribution is 6.23. The van der Waals surface area contributed by atoms with Gasteiger partial charge in [0.25, 0.3) is 5.91 Å². The first-order valence-corrected chi connectivity index (χ1v) is 8.14. The minimum atomic E-state index is -3.77. The molecule has 1 fully saturated rings. The Bertz CT molecular complexity index is 933. The van der Waals surface area contributed by atoms with E-state index in [-0.39, 0.29) is 23.7 Å². The predicted octanol–water partition coefficient (Wildman–Crippen LogP) is 3.15. The number of carbonyl (C=O) groups is 2. The molecule has 2 aromatic rings. The van der Waals surface area contributed by atoms with E-state index >= 15 is 0 Å². The number of imide groups is 1. The number of halogens is 2. The van der Waals surface area contributed by atoms with Crippen LogP contribution < -0.4 is 14.4 Å². The molecule has 0 radical (unpaired) electrons. The number of fused-ring (bicyclic) bond motifs is 1. The number of pyridine rings is 1. The van der Waals surface area contributed by atoms with Crippen LogP contribution in [-0.2, 0) is 11.3 Å². The molecule has 9 heteroatoms. The number of urea groups is 1. The number of nitrogens with zero attached hydrogens (tertiary/aromatic N) is 3. The van der Waals surface area contributed by atoms with Gasteiger partial charge in [-0.2, -0.15) is 0 Å². The van der Waals surface area contributed by atoms with E-state index < -0.39 is 23.8 Å². The molecule has 3 amide bonds. The highest BCUT2D eigenvalue weighted by Gasteiger charge is 2.52. The quantitative estimate of drug-likeness (QED) is 0.771. The molecule has 2 aliphatic rings. The van der Waals surface area contributed by atoms with Crippen molar-refractivity contribution >= 4 is 17.6 Å². The zero-order valence-electron chi connectivity index (χ0n) is 14.5. The Morgan fingerprint density at radius 2 is 1.70 bits per heavy atom. The average Bonchev–Trinajstić information content (AvgIpc) is 3.00. The highest BCUT2D eigenvalue weighted by atomic mass is 19.3. The minimum absolute atomic E-state index is 0.135. The van der Waals surface area contributed by atoms with Crippen LogP contribution >= 0.6 is 0 Å². The molecule has 3 heterocycles. The number of amides is 3. The van der Waals surface area contributed by atoms with Crippen LogP contribution in [-0.4, -0.2) is 33.7 Å². The van der Waals surface area contributed by atoms with Gasteiger partial charge in [-0.15, -0.1) is 8.78 Å². The number of ether oxygens (including phenoxy) is 2. The molecule has 0 N–H and O–H groups in total. The Hall–Kier alpha value is -3.23. The molecule has 1 saturated heterocycles. The predicted molar refractivity (Wildman–Crippen MR) is 89.4 cm³/mol. The van der Waals surface area contributed by atoms with E-state index in [0.717, 1.165) is 10.5 Å². The smallest absolute Gasteiger partial charge is 0.395 e. The van der Waals surface area contributed by atoms with Gasteiger partial charge in [0, 0.05) is 25.0 Å². The maximum absolute atomic E-state index is 13.2. The van der Waals surface area contributed by atoms with Crippen LogP contribution in [0.1, 0.15) is 19.4 Å². The lowest BCUT2D eigenvalue weighted by Gasteiger charge is -2.27. The van der Waals surface area contributed by atoms with E-state index in [0.29, 0.717) is 0 Å². The zero-order chi connectivity index (χ0) is 19.4. The molecule has 7 nitrogen and oxygen atoms in total. The third-order valence-corrected chi connectivity index (χ3v) is 4.56. The maximum Gasteiger partial charge on any atom is 0.586 e. The number of alkyl halides is 2. The third-order valence-electron chi connectivity index (χ3n) is 4.56. The van der Waals surface area contributed by atoms with Gasteiger partial charge in [-0.1, -0.05) is 0 Å². The van der Waals surface area contributed by atoms with Gasteiger partial charge in [0.15, 0.2) is 11.5 Å². The van der Waals surface area contributed by atoms with Gasteiger partial charge in [0.2, 0.25) is 0 Å². The number of hydrogen-bond acceptors (Lipinski definition) is 5. The SMILES string of the molecule is CC1(C)C(=O)N(c2ccc3c(c2)OC(F)(F)O3)C(=O)N1Cc1ccncc1. The Kier molecular flexibility index (Phi) is 3.59. The first-order chi connectivity index (χ1) is 12.7. The van der Waals surface area contributed by atoms with Gasteiger partial charge >= 0.3 is 12.3 Å². The van der Waals surface area contributed by atoms with Crippen molar-refractivity contribution in [2.24, 2.45) is 0 Å². The second-order valence-electron chi connectivity index (χ2n) is 6.72. The van der Waals surface area contributed by atoms with E-state index in [9.17, 15) is 18.4 Å². The molecule has 1 aromatic carbocycles. The minimum Gasteiger partial charge on any atom is -0.395 e. The van der Waals surface area contributed by atoms with Crippen LogP contribution in [0, 0.1) is 0 Å². The van der Waals surface area contributed by atoms with Crippen molar-refractivity contribution in [3.63, 3.8) is 0 Å².